The summed E-state index contributed by atoms with van der Waals surface area (Å²) in [5.74, 6) is 0. The molecule has 0 aliphatic heterocycles. The molecule has 0 bridgehead atoms. The van der Waals surface area contributed by atoms with Crippen molar-refractivity contribution in [3.63, 3.8) is 0 Å². The van der Waals surface area contributed by atoms with Crippen molar-refractivity contribution in [2.75, 3.05) is 7.11 Å². The van der Waals surface area contributed by atoms with Gasteiger partial charge in [0.1, 0.15) is 0 Å². The molecule has 0 amide bonds. The average Bonchev–Trinajstić information content (AvgIpc) is 2.49. The van der Waals surface area contributed by atoms with Crippen molar-refractivity contribution in [1.29, 1.82) is 0 Å². The van der Waals surface area contributed by atoms with Crippen molar-refractivity contribution >= 4 is 16.2 Å². The van der Waals surface area contributed by atoms with E-state index in [2.05, 4.69) is 15.7 Å². The van der Waals surface area contributed by atoms with Gasteiger partial charge in [0.2, 0.25) is 0 Å². The lowest BCUT2D eigenvalue weighted by molar-refractivity contribution is 0.398. The van der Waals surface area contributed by atoms with E-state index in [1.54, 1.807) is 18.2 Å². The van der Waals surface area contributed by atoms with E-state index in [0.29, 0.717) is 0 Å². The molecule has 0 N–H and O–H groups in total. The minimum absolute atomic E-state index is 0.190. The molecule has 0 fully saturated rings. The van der Waals surface area contributed by atoms with Gasteiger partial charge in [0, 0.05) is 11.9 Å². The van der Waals surface area contributed by atoms with Crippen LogP contribution >= 0.6 is 0 Å². The number of pyridine rings is 1. The number of hydrogen-bond acceptors (Lipinski definition) is 4. The Hall–Kier alpha value is -1.98. The summed E-state index contributed by atoms with van der Waals surface area (Å²) in [6, 6.07) is 10.5. The van der Waals surface area contributed by atoms with Crippen molar-refractivity contribution in [3.8, 4) is 0 Å². The first-order valence-electron chi connectivity index (χ1n) is 6.31. The Balaban J connectivity index is 0.000000219. The second-order valence-corrected chi connectivity index (χ2v) is 6.08. The van der Waals surface area contributed by atoms with E-state index in [-0.39, 0.29) is 4.90 Å². The Morgan fingerprint density at radius 1 is 1.10 bits per heavy atom. The third-order valence-corrected chi connectivity index (χ3v) is 3.99. The van der Waals surface area contributed by atoms with Crippen molar-refractivity contribution in [3.05, 3.63) is 66.0 Å². The van der Waals surface area contributed by atoms with Crippen molar-refractivity contribution < 1.29 is 12.6 Å². The van der Waals surface area contributed by atoms with Gasteiger partial charge in [0.25, 0.3) is 10.1 Å². The quantitative estimate of drug-likeness (QED) is 0.816. The smallest absolute Gasteiger partial charge is 0.270 e. The second kappa shape index (κ2) is 7.71. The molecule has 0 saturated heterocycles. The standard InChI is InChI=1S/C8H9N.C8H10O3S/c1-3-8-5-4-7(2)9-6-8;1-7-3-5-8(6-4-7)12(9,10)11-2/h3-6H,1H2,2H3;3-6H,1-2H3. The minimum atomic E-state index is -3.51. The molecule has 0 radical (unpaired) electrons. The van der Waals surface area contributed by atoms with E-state index in [9.17, 15) is 8.42 Å². The molecule has 0 aliphatic rings. The Labute approximate surface area is 126 Å². The van der Waals surface area contributed by atoms with Crippen LogP contribution in [-0.4, -0.2) is 20.5 Å². The lowest BCUT2D eigenvalue weighted by Crippen LogP contribution is -2.02. The number of aromatic nitrogens is 1. The Morgan fingerprint density at radius 3 is 2.14 bits per heavy atom. The number of rotatable bonds is 3. The summed E-state index contributed by atoms with van der Waals surface area (Å²) in [6.07, 6.45) is 3.59. The molecule has 0 spiro atoms. The molecule has 5 heteroatoms. The molecular formula is C16H19NO3S. The highest BCUT2D eigenvalue weighted by molar-refractivity contribution is 7.86. The highest BCUT2D eigenvalue weighted by Crippen LogP contribution is 2.11. The third-order valence-electron chi connectivity index (χ3n) is 2.70. The summed E-state index contributed by atoms with van der Waals surface area (Å²) in [4.78, 5) is 4.27. The molecular weight excluding hydrogens is 286 g/mol. The van der Waals surface area contributed by atoms with Crippen molar-refractivity contribution in [2.24, 2.45) is 0 Å². The Bertz CT molecular complexity index is 674. The maximum atomic E-state index is 11.1. The minimum Gasteiger partial charge on any atom is -0.270 e. The number of aryl methyl sites for hydroxylation is 2. The number of benzene rings is 1. The topological polar surface area (TPSA) is 56.3 Å². The molecule has 1 aromatic carbocycles. The highest BCUT2D eigenvalue weighted by Gasteiger charge is 2.10. The van der Waals surface area contributed by atoms with Gasteiger partial charge >= 0.3 is 0 Å². The highest BCUT2D eigenvalue weighted by atomic mass is 32.2. The summed E-state index contributed by atoms with van der Waals surface area (Å²) in [7, 11) is -2.37. The predicted octanol–water partition coefficient (Wildman–Crippen LogP) is 3.36. The summed E-state index contributed by atoms with van der Waals surface area (Å²) < 4.78 is 26.5. The van der Waals surface area contributed by atoms with Gasteiger partial charge < -0.3 is 0 Å². The number of hydrogen-bond donors (Lipinski definition) is 0. The van der Waals surface area contributed by atoms with Gasteiger partial charge in [-0.15, -0.1) is 0 Å². The molecule has 0 unspecified atom stereocenters. The van der Waals surface area contributed by atoms with Gasteiger partial charge in [-0.3, -0.25) is 9.17 Å². The van der Waals surface area contributed by atoms with Gasteiger partial charge in [0.15, 0.2) is 0 Å². The van der Waals surface area contributed by atoms with Gasteiger partial charge in [-0.05, 0) is 37.6 Å². The zero-order valence-electron chi connectivity index (χ0n) is 12.4. The van der Waals surface area contributed by atoms with Crippen molar-refractivity contribution in [2.45, 2.75) is 18.7 Å². The molecule has 4 nitrogen and oxygen atoms in total. The van der Waals surface area contributed by atoms with Crippen LogP contribution in [0.2, 0.25) is 0 Å². The fraction of sp³-hybridized carbons (Fsp3) is 0.188. The van der Waals surface area contributed by atoms with Crippen LogP contribution in [0, 0.1) is 13.8 Å². The molecule has 21 heavy (non-hydrogen) atoms. The predicted molar refractivity (Wildman–Crippen MR) is 84.4 cm³/mol. The van der Waals surface area contributed by atoms with Crippen LogP contribution in [0.3, 0.4) is 0 Å². The van der Waals surface area contributed by atoms with Crippen LogP contribution in [0.1, 0.15) is 16.8 Å². The summed E-state index contributed by atoms with van der Waals surface area (Å²) in [6.45, 7) is 7.48. The van der Waals surface area contributed by atoms with Crippen molar-refractivity contribution in [1.82, 2.24) is 4.98 Å². The maximum absolute atomic E-state index is 11.1. The van der Waals surface area contributed by atoms with E-state index in [1.165, 1.54) is 12.1 Å². The number of nitrogens with zero attached hydrogens (tertiary/aromatic N) is 1. The SMILES string of the molecule is C=Cc1ccc(C)nc1.COS(=O)(=O)c1ccc(C)cc1. The lowest BCUT2D eigenvalue weighted by Gasteiger charge is -2.00. The molecule has 0 aliphatic carbocycles. The Morgan fingerprint density at radius 2 is 1.71 bits per heavy atom. The zero-order valence-corrected chi connectivity index (χ0v) is 13.2. The lowest BCUT2D eigenvalue weighted by atomic mass is 10.2. The molecule has 1 heterocycles. The molecule has 0 atom stereocenters. The monoisotopic (exact) mass is 305 g/mol. The molecule has 2 rings (SSSR count). The normalized spacial score (nSPS) is 10.4. The third kappa shape index (κ3) is 5.49. The van der Waals surface area contributed by atoms with E-state index >= 15 is 0 Å². The van der Waals surface area contributed by atoms with Crippen LogP contribution in [-0.2, 0) is 14.3 Å². The van der Waals surface area contributed by atoms with E-state index in [0.717, 1.165) is 23.9 Å². The first-order valence-corrected chi connectivity index (χ1v) is 7.72. The van der Waals surface area contributed by atoms with Crippen LogP contribution < -0.4 is 0 Å². The van der Waals surface area contributed by atoms with E-state index < -0.39 is 10.1 Å². The maximum Gasteiger partial charge on any atom is 0.296 e. The molecule has 1 aromatic heterocycles. The summed E-state index contributed by atoms with van der Waals surface area (Å²) in [5.41, 5.74) is 3.13. The summed E-state index contributed by atoms with van der Waals surface area (Å²) in [5, 5.41) is 0. The molecule has 0 saturated carbocycles. The largest absolute Gasteiger partial charge is 0.296 e. The second-order valence-electron chi connectivity index (χ2n) is 4.37. The Kier molecular flexibility index (Phi) is 6.27. The molecule has 2 aromatic rings. The molecule has 112 valence electrons. The fourth-order valence-corrected chi connectivity index (χ4v) is 2.06. The van der Waals surface area contributed by atoms with Crippen LogP contribution in [0.25, 0.3) is 6.08 Å². The first-order chi connectivity index (χ1) is 9.89. The van der Waals surface area contributed by atoms with E-state index in [4.69, 9.17) is 0 Å². The van der Waals surface area contributed by atoms with Crippen LogP contribution in [0.15, 0.2) is 54.1 Å². The van der Waals surface area contributed by atoms with Gasteiger partial charge in [-0.25, -0.2) is 0 Å². The van der Waals surface area contributed by atoms with Crippen LogP contribution in [0.4, 0.5) is 0 Å². The van der Waals surface area contributed by atoms with Gasteiger partial charge in [0.05, 0.1) is 12.0 Å². The zero-order chi connectivity index (χ0) is 15.9. The van der Waals surface area contributed by atoms with E-state index in [1.807, 2.05) is 32.2 Å². The fourth-order valence-electron chi connectivity index (χ4n) is 1.40. The average molecular weight is 305 g/mol. The first kappa shape index (κ1) is 17.1. The summed E-state index contributed by atoms with van der Waals surface area (Å²) >= 11 is 0. The van der Waals surface area contributed by atoms with Crippen LogP contribution in [0.5, 0.6) is 0 Å². The van der Waals surface area contributed by atoms with Gasteiger partial charge in [-0.1, -0.05) is 36.4 Å². The van der Waals surface area contributed by atoms with Gasteiger partial charge in [-0.2, -0.15) is 8.42 Å².